The van der Waals surface area contributed by atoms with Gasteiger partial charge in [0.2, 0.25) is 0 Å². The number of fused-ring (bicyclic) bond motifs is 1. The Bertz CT molecular complexity index is 1140. The van der Waals surface area contributed by atoms with Gasteiger partial charge in [-0.2, -0.15) is 0 Å². The number of carbonyl (C=O) groups excluding carboxylic acids is 1. The Hall–Kier alpha value is -3.60. The summed E-state index contributed by atoms with van der Waals surface area (Å²) in [6.45, 7) is 2.60. The maximum Gasteiger partial charge on any atom is 0.360 e. The molecule has 32 heavy (non-hydrogen) atoms. The van der Waals surface area contributed by atoms with Crippen molar-refractivity contribution >= 4 is 11.7 Å². The van der Waals surface area contributed by atoms with E-state index in [4.69, 9.17) is 14.3 Å². The SMILES string of the molecule is CO/N=C(/C(=O)OC)c1ccccc1COc1ccc(C2(C)CCc3ccccc32)cc1. The molecule has 0 fully saturated rings. The predicted octanol–water partition coefficient (Wildman–Crippen LogP) is 5.04. The number of benzene rings is 3. The van der Waals surface area contributed by atoms with Crippen molar-refractivity contribution < 1.29 is 19.1 Å². The van der Waals surface area contributed by atoms with E-state index in [0.29, 0.717) is 5.56 Å². The third-order valence-electron chi connectivity index (χ3n) is 6.23. The Balaban J connectivity index is 1.52. The van der Waals surface area contributed by atoms with Crippen LogP contribution in [0.4, 0.5) is 0 Å². The minimum Gasteiger partial charge on any atom is -0.489 e. The van der Waals surface area contributed by atoms with Gasteiger partial charge in [0.25, 0.3) is 0 Å². The maximum atomic E-state index is 12.1. The van der Waals surface area contributed by atoms with Crippen LogP contribution in [-0.4, -0.2) is 25.9 Å². The van der Waals surface area contributed by atoms with Gasteiger partial charge in [-0.3, -0.25) is 0 Å². The maximum absolute atomic E-state index is 12.1. The molecular weight excluding hydrogens is 402 g/mol. The Labute approximate surface area is 188 Å². The van der Waals surface area contributed by atoms with E-state index in [1.807, 2.05) is 30.3 Å². The number of hydrogen-bond acceptors (Lipinski definition) is 5. The molecule has 0 saturated carbocycles. The van der Waals surface area contributed by atoms with Crippen molar-refractivity contribution in [3.05, 3.63) is 101 Å². The monoisotopic (exact) mass is 429 g/mol. The Kier molecular flexibility index (Phi) is 6.26. The first-order chi connectivity index (χ1) is 15.6. The van der Waals surface area contributed by atoms with Crippen LogP contribution in [0.5, 0.6) is 5.75 Å². The largest absolute Gasteiger partial charge is 0.489 e. The predicted molar refractivity (Wildman–Crippen MR) is 124 cm³/mol. The molecule has 1 atom stereocenters. The van der Waals surface area contributed by atoms with Crippen LogP contribution in [0, 0.1) is 0 Å². The van der Waals surface area contributed by atoms with Gasteiger partial charge in [-0.15, -0.1) is 0 Å². The highest BCUT2D eigenvalue weighted by atomic mass is 16.6. The zero-order valence-electron chi connectivity index (χ0n) is 18.6. The number of oxime groups is 1. The van der Waals surface area contributed by atoms with E-state index in [1.165, 1.54) is 30.9 Å². The van der Waals surface area contributed by atoms with E-state index >= 15 is 0 Å². The van der Waals surface area contributed by atoms with E-state index < -0.39 is 5.97 Å². The average Bonchev–Trinajstić information content (AvgIpc) is 3.19. The van der Waals surface area contributed by atoms with Crippen LogP contribution >= 0.6 is 0 Å². The summed E-state index contributed by atoms with van der Waals surface area (Å²) < 4.78 is 10.9. The lowest BCUT2D eigenvalue weighted by molar-refractivity contribution is -0.132. The lowest BCUT2D eigenvalue weighted by atomic mass is 9.77. The Morgan fingerprint density at radius 2 is 1.69 bits per heavy atom. The molecule has 3 aromatic rings. The number of methoxy groups -OCH3 is 1. The summed E-state index contributed by atoms with van der Waals surface area (Å²) in [5.74, 6) is 0.204. The van der Waals surface area contributed by atoms with E-state index in [0.717, 1.165) is 24.2 Å². The quantitative estimate of drug-likeness (QED) is 0.300. The molecule has 5 heteroatoms. The molecule has 0 aliphatic heterocycles. The molecule has 5 nitrogen and oxygen atoms in total. The zero-order chi connectivity index (χ0) is 22.6. The van der Waals surface area contributed by atoms with Gasteiger partial charge in [0.1, 0.15) is 19.5 Å². The van der Waals surface area contributed by atoms with E-state index in [9.17, 15) is 4.79 Å². The third kappa shape index (κ3) is 4.11. The fraction of sp³-hybridized carbons (Fsp3) is 0.259. The summed E-state index contributed by atoms with van der Waals surface area (Å²) in [6.07, 6.45) is 2.21. The molecule has 1 unspecified atom stereocenters. The van der Waals surface area contributed by atoms with Gasteiger partial charge < -0.3 is 14.3 Å². The van der Waals surface area contributed by atoms with Crippen molar-refractivity contribution in [3.63, 3.8) is 0 Å². The molecular formula is C27H27NO4. The van der Waals surface area contributed by atoms with Gasteiger partial charge >= 0.3 is 5.97 Å². The number of carbonyl (C=O) groups is 1. The molecule has 0 amide bonds. The van der Waals surface area contributed by atoms with Crippen LogP contribution in [0.2, 0.25) is 0 Å². The third-order valence-corrected chi connectivity index (χ3v) is 6.23. The summed E-state index contributed by atoms with van der Waals surface area (Å²) in [5.41, 5.74) is 5.70. The van der Waals surface area contributed by atoms with Crippen molar-refractivity contribution in [2.24, 2.45) is 5.16 Å². The summed E-state index contributed by atoms with van der Waals surface area (Å²) in [5, 5.41) is 3.85. The van der Waals surface area contributed by atoms with Crippen LogP contribution in [0.1, 0.15) is 41.2 Å². The Morgan fingerprint density at radius 1 is 0.969 bits per heavy atom. The lowest BCUT2D eigenvalue weighted by Crippen LogP contribution is -2.20. The molecule has 0 aromatic heterocycles. The van der Waals surface area contributed by atoms with Crippen LogP contribution in [0.15, 0.2) is 78.0 Å². The highest BCUT2D eigenvalue weighted by Gasteiger charge is 2.35. The van der Waals surface area contributed by atoms with E-state index in [-0.39, 0.29) is 17.7 Å². The van der Waals surface area contributed by atoms with Gasteiger partial charge in [-0.1, -0.05) is 72.7 Å². The summed E-state index contributed by atoms with van der Waals surface area (Å²) >= 11 is 0. The number of esters is 1. The van der Waals surface area contributed by atoms with Crippen molar-refractivity contribution in [2.45, 2.75) is 31.8 Å². The highest BCUT2D eigenvalue weighted by Crippen LogP contribution is 2.43. The minimum absolute atomic E-state index is 0.0216. The number of aryl methyl sites for hydroxylation is 1. The van der Waals surface area contributed by atoms with Gasteiger partial charge in [0.05, 0.1) is 7.11 Å². The second-order valence-corrected chi connectivity index (χ2v) is 8.07. The molecule has 0 saturated heterocycles. The van der Waals surface area contributed by atoms with Gasteiger partial charge in [0, 0.05) is 11.0 Å². The molecule has 0 bridgehead atoms. The lowest BCUT2D eigenvalue weighted by Gasteiger charge is -2.26. The van der Waals surface area contributed by atoms with E-state index in [2.05, 4.69) is 48.5 Å². The van der Waals surface area contributed by atoms with Crippen LogP contribution in [0.25, 0.3) is 0 Å². The first-order valence-electron chi connectivity index (χ1n) is 10.7. The smallest absolute Gasteiger partial charge is 0.360 e. The molecule has 1 aliphatic rings. The van der Waals surface area contributed by atoms with Crippen molar-refractivity contribution in [2.75, 3.05) is 14.2 Å². The topological polar surface area (TPSA) is 57.1 Å². The molecule has 1 aliphatic carbocycles. The normalized spacial score (nSPS) is 17.5. The average molecular weight is 430 g/mol. The van der Waals surface area contributed by atoms with Gasteiger partial charge in [-0.25, -0.2) is 4.79 Å². The Morgan fingerprint density at radius 3 is 2.44 bits per heavy atom. The molecule has 0 spiro atoms. The van der Waals surface area contributed by atoms with Crippen molar-refractivity contribution in [1.82, 2.24) is 0 Å². The van der Waals surface area contributed by atoms with Crippen LogP contribution in [0.3, 0.4) is 0 Å². The first kappa shape index (κ1) is 21.6. The highest BCUT2D eigenvalue weighted by molar-refractivity contribution is 6.43. The minimum atomic E-state index is -0.561. The molecule has 0 N–H and O–H groups in total. The van der Waals surface area contributed by atoms with Crippen molar-refractivity contribution in [1.29, 1.82) is 0 Å². The number of nitrogens with zero attached hydrogens (tertiary/aromatic N) is 1. The second-order valence-electron chi connectivity index (χ2n) is 8.07. The fourth-order valence-corrected chi connectivity index (χ4v) is 4.44. The van der Waals surface area contributed by atoms with E-state index in [1.54, 1.807) is 6.07 Å². The number of ether oxygens (including phenoxy) is 2. The molecule has 4 rings (SSSR count). The van der Waals surface area contributed by atoms with Crippen molar-refractivity contribution in [3.8, 4) is 5.75 Å². The molecule has 3 aromatic carbocycles. The number of hydrogen-bond donors (Lipinski definition) is 0. The van der Waals surface area contributed by atoms with Crippen LogP contribution < -0.4 is 4.74 Å². The second kappa shape index (κ2) is 9.27. The zero-order valence-corrected chi connectivity index (χ0v) is 18.6. The fourth-order valence-electron chi connectivity index (χ4n) is 4.44. The van der Waals surface area contributed by atoms with Gasteiger partial charge in [0.15, 0.2) is 5.71 Å². The van der Waals surface area contributed by atoms with Gasteiger partial charge in [-0.05, 0) is 47.2 Å². The molecule has 0 heterocycles. The summed E-state index contributed by atoms with van der Waals surface area (Å²) in [7, 11) is 2.71. The summed E-state index contributed by atoms with van der Waals surface area (Å²) in [4.78, 5) is 17.0. The number of rotatable bonds is 7. The standard InChI is InChI=1S/C27H27NO4/c1-27(17-16-19-8-5-7-11-24(19)27)21-12-14-22(15-13-21)32-18-20-9-4-6-10-23(20)25(28-31-3)26(29)30-2/h4-15H,16-18H2,1-3H3/b28-25+. The first-order valence-corrected chi connectivity index (χ1v) is 10.7. The van der Waals surface area contributed by atoms with Crippen LogP contribution in [-0.2, 0) is 32.8 Å². The molecule has 164 valence electrons. The molecule has 0 radical (unpaired) electrons. The summed E-state index contributed by atoms with van der Waals surface area (Å²) in [6, 6.07) is 24.4.